The zero-order valence-corrected chi connectivity index (χ0v) is 11.8. The van der Waals surface area contributed by atoms with Crippen molar-refractivity contribution >= 4 is 11.6 Å². The van der Waals surface area contributed by atoms with Crippen LogP contribution in [-0.4, -0.2) is 37.2 Å². The Morgan fingerprint density at radius 3 is 2.10 bits per heavy atom. The first kappa shape index (κ1) is 13.8. The molecule has 0 bridgehead atoms. The van der Waals surface area contributed by atoms with Crippen LogP contribution >= 0.6 is 0 Å². The van der Waals surface area contributed by atoms with Gasteiger partial charge in [0.25, 0.3) is 5.91 Å². The zero-order chi connectivity index (χ0) is 14.5. The number of hydrazine groups is 1. The number of amides is 1. The van der Waals surface area contributed by atoms with Crippen molar-refractivity contribution in [2.24, 2.45) is 0 Å². The first-order chi connectivity index (χ1) is 10.4. The van der Waals surface area contributed by atoms with E-state index in [-0.39, 0.29) is 5.91 Å². The van der Waals surface area contributed by atoms with E-state index < -0.39 is 0 Å². The van der Waals surface area contributed by atoms with Crippen LogP contribution in [0, 0.1) is 0 Å². The number of rotatable bonds is 3. The number of morpholine rings is 1. The minimum atomic E-state index is -0.0105. The summed E-state index contributed by atoms with van der Waals surface area (Å²) in [6.45, 7) is 2.72. The quantitative estimate of drug-likeness (QED) is 0.867. The molecule has 1 saturated heterocycles. The molecule has 0 aromatic heterocycles. The third-order valence-corrected chi connectivity index (χ3v) is 3.48. The minimum Gasteiger partial charge on any atom is -0.379 e. The van der Waals surface area contributed by atoms with Gasteiger partial charge in [-0.15, -0.1) is 0 Å². The number of hydrogen-bond acceptors (Lipinski definition) is 3. The maximum atomic E-state index is 12.9. The molecule has 1 aliphatic heterocycles. The molecule has 21 heavy (non-hydrogen) atoms. The number of hydrogen-bond donors (Lipinski definition) is 0. The SMILES string of the molecule is O=C(c1ccccc1)N(c1ccccc1)N1CCOCC1. The molecular formula is C17H18N2O2. The number of nitrogens with zero attached hydrogens (tertiary/aromatic N) is 2. The van der Waals surface area contributed by atoms with E-state index in [0.29, 0.717) is 31.9 Å². The third kappa shape index (κ3) is 3.12. The van der Waals surface area contributed by atoms with E-state index in [1.807, 2.05) is 65.7 Å². The molecule has 1 amide bonds. The Balaban J connectivity index is 1.94. The fourth-order valence-corrected chi connectivity index (χ4v) is 2.43. The lowest BCUT2D eigenvalue weighted by Crippen LogP contribution is -2.51. The molecule has 3 rings (SSSR count). The predicted molar refractivity (Wildman–Crippen MR) is 82.1 cm³/mol. The van der Waals surface area contributed by atoms with Gasteiger partial charge in [0, 0.05) is 18.7 Å². The van der Waals surface area contributed by atoms with Crippen LogP contribution < -0.4 is 5.01 Å². The fourth-order valence-electron chi connectivity index (χ4n) is 2.43. The van der Waals surface area contributed by atoms with Gasteiger partial charge in [-0.3, -0.25) is 4.79 Å². The normalized spacial score (nSPS) is 15.6. The van der Waals surface area contributed by atoms with Gasteiger partial charge in [0.2, 0.25) is 0 Å². The highest BCUT2D eigenvalue weighted by Gasteiger charge is 2.25. The minimum absolute atomic E-state index is 0.0105. The van der Waals surface area contributed by atoms with Gasteiger partial charge < -0.3 is 4.74 Å². The maximum absolute atomic E-state index is 12.9. The van der Waals surface area contributed by atoms with Gasteiger partial charge in [-0.05, 0) is 24.3 Å². The fraction of sp³-hybridized carbons (Fsp3) is 0.235. The summed E-state index contributed by atoms with van der Waals surface area (Å²) in [5.41, 5.74) is 1.57. The van der Waals surface area contributed by atoms with Gasteiger partial charge in [0.1, 0.15) is 0 Å². The van der Waals surface area contributed by atoms with Gasteiger partial charge in [-0.2, -0.15) is 0 Å². The number of carbonyl (C=O) groups is 1. The van der Waals surface area contributed by atoms with E-state index in [1.54, 1.807) is 5.01 Å². The molecule has 2 aromatic carbocycles. The van der Waals surface area contributed by atoms with Crippen LogP contribution in [0.4, 0.5) is 5.69 Å². The molecule has 108 valence electrons. The summed E-state index contributed by atoms with van der Waals surface area (Å²) in [5, 5.41) is 3.81. The van der Waals surface area contributed by atoms with Crippen LogP contribution in [0.3, 0.4) is 0 Å². The molecule has 0 spiro atoms. The second kappa shape index (κ2) is 6.52. The van der Waals surface area contributed by atoms with Crippen molar-refractivity contribution in [1.29, 1.82) is 0 Å². The topological polar surface area (TPSA) is 32.8 Å². The van der Waals surface area contributed by atoms with Crippen molar-refractivity contribution in [2.75, 3.05) is 31.3 Å². The van der Waals surface area contributed by atoms with Crippen LogP contribution in [0.5, 0.6) is 0 Å². The smallest absolute Gasteiger partial charge is 0.272 e. The summed E-state index contributed by atoms with van der Waals surface area (Å²) in [6, 6.07) is 19.1. The summed E-state index contributed by atoms with van der Waals surface area (Å²) in [7, 11) is 0. The van der Waals surface area contributed by atoms with Gasteiger partial charge in [-0.25, -0.2) is 10.0 Å². The number of anilines is 1. The van der Waals surface area contributed by atoms with Crippen LogP contribution in [-0.2, 0) is 4.74 Å². The molecule has 1 fully saturated rings. The van der Waals surface area contributed by atoms with Crippen molar-refractivity contribution in [2.45, 2.75) is 0 Å². The number of para-hydroxylation sites is 1. The molecule has 4 nitrogen and oxygen atoms in total. The van der Waals surface area contributed by atoms with Gasteiger partial charge >= 0.3 is 0 Å². The summed E-state index contributed by atoms with van der Waals surface area (Å²) >= 11 is 0. The second-order valence-corrected chi connectivity index (χ2v) is 4.88. The first-order valence-corrected chi connectivity index (χ1v) is 7.13. The molecule has 1 heterocycles. The Kier molecular flexibility index (Phi) is 4.28. The van der Waals surface area contributed by atoms with E-state index >= 15 is 0 Å². The molecule has 2 aromatic rings. The average Bonchev–Trinajstić information content (AvgIpc) is 2.58. The highest BCUT2D eigenvalue weighted by Crippen LogP contribution is 2.20. The molecule has 4 heteroatoms. The Morgan fingerprint density at radius 2 is 1.48 bits per heavy atom. The summed E-state index contributed by atoms with van der Waals surface area (Å²) < 4.78 is 5.39. The lowest BCUT2D eigenvalue weighted by molar-refractivity contribution is 0.0300. The van der Waals surface area contributed by atoms with E-state index in [2.05, 4.69) is 0 Å². The van der Waals surface area contributed by atoms with E-state index in [0.717, 1.165) is 5.69 Å². The van der Waals surface area contributed by atoms with Crippen LogP contribution in [0.25, 0.3) is 0 Å². The largest absolute Gasteiger partial charge is 0.379 e. The molecule has 0 aliphatic carbocycles. The van der Waals surface area contributed by atoms with Crippen molar-refractivity contribution in [3.8, 4) is 0 Å². The molecule has 1 aliphatic rings. The van der Waals surface area contributed by atoms with Crippen LogP contribution in [0.2, 0.25) is 0 Å². The monoisotopic (exact) mass is 282 g/mol. The lowest BCUT2D eigenvalue weighted by Gasteiger charge is -2.37. The average molecular weight is 282 g/mol. The Bertz CT molecular complexity index is 580. The predicted octanol–water partition coefficient (Wildman–Crippen LogP) is 2.58. The standard InChI is InChI=1S/C17H18N2O2/c20-17(15-7-3-1-4-8-15)19(16-9-5-2-6-10-16)18-11-13-21-14-12-18/h1-10H,11-14H2. The van der Waals surface area contributed by atoms with Crippen LogP contribution in [0.15, 0.2) is 60.7 Å². The first-order valence-electron chi connectivity index (χ1n) is 7.13. The van der Waals surface area contributed by atoms with E-state index in [4.69, 9.17) is 4.74 Å². The lowest BCUT2D eigenvalue weighted by atomic mass is 10.2. The molecule has 0 radical (unpaired) electrons. The van der Waals surface area contributed by atoms with Gasteiger partial charge in [0.05, 0.1) is 18.9 Å². The van der Waals surface area contributed by atoms with Crippen LogP contribution in [0.1, 0.15) is 10.4 Å². The Labute approximate surface area is 124 Å². The maximum Gasteiger partial charge on any atom is 0.272 e. The Morgan fingerprint density at radius 1 is 0.905 bits per heavy atom. The summed E-state index contributed by atoms with van der Waals surface area (Å²) in [6.07, 6.45) is 0. The molecule has 0 unspecified atom stereocenters. The van der Waals surface area contributed by atoms with Gasteiger partial charge in [-0.1, -0.05) is 36.4 Å². The van der Waals surface area contributed by atoms with Crippen molar-refractivity contribution in [3.63, 3.8) is 0 Å². The van der Waals surface area contributed by atoms with Crippen molar-refractivity contribution in [3.05, 3.63) is 66.2 Å². The van der Waals surface area contributed by atoms with Gasteiger partial charge in [0.15, 0.2) is 0 Å². The van der Waals surface area contributed by atoms with Crippen molar-refractivity contribution in [1.82, 2.24) is 5.01 Å². The summed E-state index contributed by atoms with van der Waals surface area (Å²) in [5.74, 6) is -0.0105. The number of ether oxygens (including phenoxy) is 1. The molecule has 0 atom stereocenters. The number of benzene rings is 2. The highest BCUT2D eigenvalue weighted by molar-refractivity contribution is 6.05. The highest BCUT2D eigenvalue weighted by atomic mass is 16.5. The number of carbonyl (C=O) groups excluding carboxylic acids is 1. The third-order valence-electron chi connectivity index (χ3n) is 3.48. The summed E-state index contributed by atoms with van der Waals surface area (Å²) in [4.78, 5) is 12.9. The van der Waals surface area contributed by atoms with Crippen molar-refractivity contribution < 1.29 is 9.53 Å². The molecular weight excluding hydrogens is 264 g/mol. The van der Waals surface area contributed by atoms with E-state index in [1.165, 1.54) is 0 Å². The second-order valence-electron chi connectivity index (χ2n) is 4.88. The zero-order valence-electron chi connectivity index (χ0n) is 11.8. The molecule has 0 N–H and O–H groups in total. The Hall–Kier alpha value is -2.17. The van der Waals surface area contributed by atoms with E-state index in [9.17, 15) is 4.79 Å². The molecule has 0 saturated carbocycles.